The molecular weight excluding hydrogens is 354 g/mol. The van der Waals surface area contributed by atoms with Crippen molar-refractivity contribution in [1.29, 1.82) is 0 Å². The van der Waals surface area contributed by atoms with E-state index < -0.39 is 5.41 Å². The molecule has 0 atom stereocenters. The van der Waals surface area contributed by atoms with E-state index in [9.17, 15) is 4.79 Å². The van der Waals surface area contributed by atoms with Gasteiger partial charge in [0.25, 0.3) is 0 Å². The number of aromatic nitrogens is 1. The minimum atomic E-state index is -0.494. The van der Waals surface area contributed by atoms with Crippen molar-refractivity contribution in [3.63, 3.8) is 0 Å². The SMILES string of the molecule is C=C(/C=N\c1[nH]cc(C(=O)C(C)(C)C)c1N)c1ccc(-c2ccccc2)s1. The quantitative estimate of drug-likeness (QED) is 0.425. The number of allylic oxidation sites excluding steroid dienone is 1. The van der Waals surface area contributed by atoms with Crippen LogP contribution < -0.4 is 5.73 Å². The molecule has 3 rings (SSSR count). The average Bonchev–Trinajstić information content (AvgIpc) is 3.26. The van der Waals surface area contributed by atoms with Crippen LogP contribution in [0, 0.1) is 5.41 Å². The maximum Gasteiger partial charge on any atom is 0.171 e. The van der Waals surface area contributed by atoms with Crippen molar-refractivity contribution in [2.75, 3.05) is 5.73 Å². The van der Waals surface area contributed by atoms with E-state index in [0.29, 0.717) is 17.1 Å². The Balaban J connectivity index is 1.77. The van der Waals surface area contributed by atoms with Crippen LogP contribution in [-0.4, -0.2) is 17.0 Å². The van der Waals surface area contributed by atoms with Gasteiger partial charge in [-0.15, -0.1) is 11.3 Å². The van der Waals surface area contributed by atoms with E-state index in [-0.39, 0.29) is 5.78 Å². The molecule has 0 aliphatic rings. The lowest BCUT2D eigenvalue weighted by molar-refractivity contribution is 0.0859. The molecule has 5 heteroatoms. The lowest BCUT2D eigenvalue weighted by Crippen LogP contribution is -2.20. The number of carbonyl (C=O) groups excluding carboxylic acids is 1. The first-order valence-electron chi connectivity index (χ1n) is 8.67. The molecule has 0 spiro atoms. The van der Waals surface area contributed by atoms with E-state index in [2.05, 4.69) is 34.8 Å². The summed E-state index contributed by atoms with van der Waals surface area (Å²) in [5.74, 6) is 0.464. The Labute approximate surface area is 163 Å². The van der Waals surface area contributed by atoms with Gasteiger partial charge in [0.05, 0.1) is 11.3 Å². The number of nitrogens with zero attached hydrogens (tertiary/aromatic N) is 1. The van der Waals surface area contributed by atoms with Crippen molar-refractivity contribution in [3.05, 3.63) is 65.7 Å². The molecule has 27 heavy (non-hydrogen) atoms. The molecule has 0 saturated carbocycles. The number of hydrogen-bond acceptors (Lipinski definition) is 4. The Morgan fingerprint density at radius 2 is 1.89 bits per heavy atom. The predicted molar refractivity (Wildman–Crippen MR) is 116 cm³/mol. The first-order chi connectivity index (χ1) is 12.8. The molecule has 3 aromatic rings. The summed E-state index contributed by atoms with van der Waals surface area (Å²) in [6.07, 6.45) is 3.30. The lowest BCUT2D eigenvalue weighted by Gasteiger charge is -2.15. The van der Waals surface area contributed by atoms with Crippen molar-refractivity contribution < 1.29 is 4.79 Å². The van der Waals surface area contributed by atoms with E-state index in [1.807, 2.05) is 45.0 Å². The molecule has 2 aromatic heterocycles. The van der Waals surface area contributed by atoms with Gasteiger partial charge >= 0.3 is 0 Å². The first kappa shape index (κ1) is 18.9. The Morgan fingerprint density at radius 1 is 1.19 bits per heavy atom. The Bertz CT molecular complexity index is 1000. The number of aliphatic imine (C=N–C) groups is 1. The summed E-state index contributed by atoms with van der Waals surface area (Å²) in [6, 6.07) is 14.3. The monoisotopic (exact) mass is 377 g/mol. The van der Waals surface area contributed by atoms with Gasteiger partial charge < -0.3 is 10.7 Å². The number of H-pyrrole nitrogens is 1. The highest BCUT2D eigenvalue weighted by Gasteiger charge is 2.26. The van der Waals surface area contributed by atoms with E-state index >= 15 is 0 Å². The summed E-state index contributed by atoms with van der Waals surface area (Å²) < 4.78 is 0. The van der Waals surface area contributed by atoms with Gasteiger partial charge in [-0.25, -0.2) is 4.99 Å². The molecule has 0 unspecified atom stereocenters. The number of rotatable bonds is 5. The average molecular weight is 378 g/mol. The summed E-state index contributed by atoms with van der Waals surface area (Å²) in [4.78, 5) is 22.0. The Hall–Kier alpha value is -2.92. The van der Waals surface area contributed by atoms with Crippen molar-refractivity contribution in [3.8, 4) is 10.4 Å². The second-order valence-electron chi connectivity index (χ2n) is 7.36. The van der Waals surface area contributed by atoms with Crippen LogP contribution >= 0.6 is 11.3 Å². The highest BCUT2D eigenvalue weighted by atomic mass is 32.1. The van der Waals surface area contributed by atoms with E-state index in [1.54, 1.807) is 23.7 Å². The minimum Gasteiger partial charge on any atom is -0.395 e. The molecule has 0 aliphatic heterocycles. The molecule has 4 nitrogen and oxygen atoms in total. The number of thiophene rings is 1. The molecular formula is C22H23N3OS. The molecule has 2 heterocycles. The van der Waals surface area contributed by atoms with Crippen molar-refractivity contribution in [2.45, 2.75) is 20.8 Å². The second kappa shape index (κ2) is 7.37. The molecule has 1 aromatic carbocycles. The number of benzene rings is 1. The fraction of sp³-hybridized carbons (Fsp3) is 0.182. The molecule has 0 radical (unpaired) electrons. The molecule has 138 valence electrons. The highest BCUT2D eigenvalue weighted by Crippen LogP contribution is 2.33. The zero-order valence-electron chi connectivity index (χ0n) is 15.7. The number of nitrogens with one attached hydrogen (secondary N) is 1. The first-order valence-corrected chi connectivity index (χ1v) is 9.49. The zero-order valence-corrected chi connectivity index (χ0v) is 16.6. The molecule has 0 aliphatic carbocycles. The number of nitrogens with two attached hydrogens (primary N) is 1. The molecule has 0 saturated heterocycles. The summed E-state index contributed by atoms with van der Waals surface area (Å²) >= 11 is 1.66. The van der Waals surface area contributed by atoms with Crippen molar-refractivity contribution in [1.82, 2.24) is 4.98 Å². The van der Waals surface area contributed by atoms with Crippen LogP contribution in [-0.2, 0) is 0 Å². The third-order valence-corrected chi connectivity index (χ3v) is 5.36. The van der Waals surface area contributed by atoms with Gasteiger partial charge in [0.1, 0.15) is 0 Å². The summed E-state index contributed by atoms with van der Waals surface area (Å²) in [5.41, 5.74) is 8.43. The van der Waals surface area contributed by atoms with Crippen LogP contribution in [0.1, 0.15) is 36.0 Å². The summed E-state index contributed by atoms with van der Waals surface area (Å²) in [7, 11) is 0. The highest BCUT2D eigenvalue weighted by molar-refractivity contribution is 7.16. The molecule has 0 fully saturated rings. The van der Waals surface area contributed by atoms with Crippen LogP contribution in [0.2, 0.25) is 0 Å². The van der Waals surface area contributed by atoms with Gasteiger partial charge in [-0.05, 0) is 17.7 Å². The van der Waals surface area contributed by atoms with Gasteiger partial charge in [0.2, 0.25) is 0 Å². The van der Waals surface area contributed by atoms with Gasteiger partial charge in [0.15, 0.2) is 11.6 Å². The summed E-state index contributed by atoms with van der Waals surface area (Å²) in [5, 5.41) is 0. The number of nitrogen functional groups attached to an aromatic ring is 1. The maximum absolute atomic E-state index is 12.4. The molecule has 0 amide bonds. The fourth-order valence-electron chi connectivity index (χ4n) is 2.60. The molecule has 0 bridgehead atoms. The predicted octanol–water partition coefficient (Wildman–Crippen LogP) is 5.97. The van der Waals surface area contributed by atoms with Crippen LogP contribution in [0.5, 0.6) is 0 Å². The van der Waals surface area contributed by atoms with Crippen LogP contribution in [0.15, 0.2) is 60.2 Å². The molecule has 3 N–H and O–H groups in total. The number of aromatic amines is 1. The smallest absolute Gasteiger partial charge is 0.171 e. The standard InChI is InChI=1S/C22H23N3OS/c1-14(17-10-11-18(27-17)15-8-6-5-7-9-15)12-24-21-19(23)16(13-25-21)20(26)22(2,3)4/h5-13,25H,1,23H2,2-4H3/b24-12-. The maximum atomic E-state index is 12.4. The summed E-state index contributed by atoms with van der Waals surface area (Å²) in [6.45, 7) is 9.70. The Kier molecular flexibility index (Phi) is 5.15. The van der Waals surface area contributed by atoms with E-state index in [1.165, 1.54) is 10.4 Å². The minimum absolute atomic E-state index is 0.0118. The number of Topliss-reactive ketones (excluding diaryl/α,β-unsaturated/α-hetero) is 1. The van der Waals surface area contributed by atoms with Gasteiger partial charge in [-0.1, -0.05) is 57.7 Å². The van der Waals surface area contributed by atoms with E-state index in [4.69, 9.17) is 5.73 Å². The third-order valence-electron chi connectivity index (χ3n) is 4.15. The fourth-order valence-corrected chi connectivity index (χ4v) is 3.54. The lowest BCUT2D eigenvalue weighted by atomic mass is 9.87. The van der Waals surface area contributed by atoms with Crippen molar-refractivity contribution in [2.24, 2.45) is 10.4 Å². The largest absolute Gasteiger partial charge is 0.395 e. The van der Waals surface area contributed by atoms with Gasteiger partial charge in [-0.2, -0.15) is 0 Å². The number of carbonyl (C=O) groups is 1. The third kappa shape index (κ3) is 4.09. The second-order valence-corrected chi connectivity index (χ2v) is 8.44. The number of hydrogen-bond donors (Lipinski definition) is 2. The number of anilines is 1. The van der Waals surface area contributed by atoms with Gasteiger partial charge in [-0.3, -0.25) is 4.79 Å². The van der Waals surface area contributed by atoms with Crippen LogP contribution in [0.4, 0.5) is 11.5 Å². The van der Waals surface area contributed by atoms with Crippen molar-refractivity contribution >= 4 is 40.4 Å². The van der Waals surface area contributed by atoms with Crippen LogP contribution in [0.25, 0.3) is 16.0 Å². The van der Waals surface area contributed by atoms with Gasteiger partial charge in [0, 0.05) is 33.2 Å². The normalized spacial score (nSPS) is 11.8. The van der Waals surface area contributed by atoms with Crippen LogP contribution in [0.3, 0.4) is 0 Å². The Morgan fingerprint density at radius 3 is 2.56 bits per heavy atom. The topological polar surface area (TPSA) is 71.2 Å². The zero-order chi connectivity index (χ0) is 19.6. The number of ketones is 1. The van der Waals surface area contributed by atoms with E-state index in [0.717, 1.165) is 10.5 Å².